The first-order chi connectivity index (χ1) is 14.1. The van der Waals surface area contributed by atoms with Crippen molar-refractivity contribution in [1.29, 1.82) is 0 Å². The smallest absolute Gasteiger partial charge is 0.270 e. The van der Waals surface area contributed by atoms with E-state index in [1.807, 2.05) is 30.3 Å². The van der Waals surface area contributed by atoms with Crippen LogP contribution in [0.5, 0.6) is 11.6 Å². The Hall–Kier alpha value is -3.94. The fourth-order valence-electron chi connectivity index (χ4n) is 2.64. The second-order valence-electron chi connectivity index (χ2n) is 6.10. The molecule has 1 amide bonds. The first-order valence-corrected chi connectivity index (χ1v) is 8.79. The van der Waals surface area contributed by atoms with E-state index < -0.39 is 10.8 Å². The Morgan fingerprint density at radius 3 is 2.62 bits per heavy atom. The van der Waals surface area contributed by atoms with Crippen LogP contribution in [0.4, 0.5) is 5.69 Å². The molecule has 0 atom stereocenters. The third-order valence-corrected chi connectivity index (χ3v) is 4.12. The van der Waals surface area contributed by atoms with Crippen molar-refractivity contribution in [3.05, 3.63) is 93.7 Å². The SMILES string of the molecule is COc1ccc([N+](=O)[O-])cc1C(=O)NCc1ccnc(OCc2ccccc2)c1. The molecule has 8 nitrogen and oxygen atoms in total. The van der Waals surface area contributed by atoms with Gasteiger partial charge in [0.2, 0.25) is 5.88 Å². The van der Waals surface area contributed by atoms with Crippen LogP contribution in [0.25, 0.3) is 0 Å². The third-order valence-electron chi connectivity index (χ3n) is 4.12. The number of carbonyl (C=O) groups excluding carboxylic acids is 1. The number of hydrogen-bond acceptors (Lipinski definition) is 6. The van der Waals surface area contributed by atoms with Crippen molar-refractivity contribution in [3.63, 3.8) is 0 Å². The molecule has 3 rings (SSSR count). The Morgan fingerprint density at radius 1 is 1.10 bits per heavy atom. The molecule has 8 heteroatoms. The van der Waals surface area contributed by atoms with Crippen LogP contribution < -0.4 is 14.8 Å². The molecule has 0 saturated carbocycles. The molecule has 1 heterocycles. The van der Waals surface area contributed by atoms with Crippen LogP contribution in [-0.2, 0) is 13.2 Å². The summed E-state index contributed by atoms with van der Waals surface area (Å²) >= 11 is 0. The number of benzene rings is 2. The first-order valence-electron chi connectivity index (χ1n) is 8.79. The van der Waals surface area contributed by atoms with Gasteiger partial charge in [-0.15, -0.1) is 0 Å². The van der Waals surface area contributed by atoms with Gasteiger partial charge in [-0.2, -0.15) is 0 Å². The number of hydrogen-bond donors (Lipinski definition) is 1. The van der Waals surface area contributed by atoms with Gasteiger partial charge in [0.15, 0.2) is 0 Å². The van der Waals surface area contributed by atoms with Crippen molar-refractivity contribution >= 4 is 11.6 Å². The van der Waals surface area contributed by atoms with Gasteiger partial charge in [-0.25, -0.2) is 4.98 Å². The quantitative estimate of drug-likeness (QED) is 0.464. The zero-order valence-corrected chi connectivity index (χ0v) is 15.7. The molecule has 0 bridgehead atoms. The molecular weight excluding hydrogens is 374 g/mol. The van der Waals surface area contributed by atoms with Crippen molar-refractivity contribution in [2.75, 3.05) is 7.11 Å². The lowest BCUT2D eigenvalue weighted by Crippen LogP contribution is -2.23. The molecule has 2 aromatic carbocycles. The van der Waals surface area contributed by atoms with Crippen LogP contribution in [-0.4, -0.2) is 22.9 Å². The Balaban J connectivity index is 1.65. The number of aromatic nitrogens is 1. The summed E-state index contributed by atoms with van der Waals surface area (Å²) in [5, 5.41) is 13.7. The highest BCUT2D eigenvalue weighted by atomic mass is 16.6. The fourth-order valence-corrected chi connectivity index (χ4v) is 2.64. The molecule has 0 radical (unpaired) electrons. The number of methoxy groups -OCH3 is 1. The number of nitrogens with zero attached hydrogens (tertiary/aromatic N) is 2. The van der Waals surface area contributed by atoms with Crippen molar-refractivity contribution in [2.45, 2.75) is 13.2 Å². The number of ether oxygens (including phenoxy) is 2. The van der Waals surface area contributed by atoms with Gasteiger partial charge in [-0.1, -0.05) is 30.3 Å². The van der Waals surface area contributed by atoms with Crippen LogP contribution in [0.3, 0.4) is 0 Å². The maximum atomic E-state index is 12.5. The summed E-state index contributed by atoms with van der Waals surface area (Å²) in [6.07, 6.45) is 1.59. The minimum atomic E-state index is -0.560. The summed E-state index contributed by atoms with van der Waals surface area (Å²) in [6.45, 7) is 0.587. The number of carbonyl (C=O) groups is 1. The molecule has 0 unspecified atom stereocenters. The number of amides is 1. The van der Waals surface area contributed by atoms with E-state index in [1.54, 1.807) is 18.3 Å². The number of non-ortho nitro benzene ring substituents is 1. The Kier molecular flexibility index (Phi) is 6.36. The van der Waals surface area contributed by atoms with Gasteiger partial charge in [0.1, 0.15) is 12.4 Å². The lowest BCUT2D eigenvalue weighted by Gasteiger charge is -2.10. The topological polar surface area (TPSA) is 104 Å². The van der Waals surface area contributed by atoms with E-state index in [-0.39, 0.29) is 23.5 Å². The molecule has 1 aromatic heterocycles. The summed E-state index contributed by atoms with van der Waals surface area (Å²) in [4.78, 5) is 27.1. The average Bonchev–Trinajstić information content (AvgIpc) is 2.76. The second-order valence-corrected chi connectivity index (χ2v) is 6.10. The van der Waals surface area contributed by atoms with Gasteiger partial charge in [-0.3, -0.25) is 14.9 Å². The van der Waals surface area contributed by atoms with E-state index in [4.69, 9.17) is 9.47 Å². The van der Waals surface area contributed by atoms with Crippen molar-refractivity contribution < 1.29 is 19.2 Å². The van der Waals surface area contributed by atoms with Gasteiger partial charge < -0.3 is 14.8 Å². The molecule has 148 valence electrons. The van der Waals surface area contributed by atoms with Crippen LogP contribution >= 0.6 is 0 Å². The number of nitrogens with one attached hydrogen (secondary N) is 1. The molecule has 3 aromatic rings. The monoisotopic (exact) mass is 393 g/mol. The highest BCUT2D eigenvalue weighted by Gasteiger charge is 2.17. The second kappa shape index (κ2) is 9.32. The highest BCUT2D eigenvalue weighted by Crippen LogP contribution is 2.24. The molecule has 0 spiro atoms. The zero-order chi connectivity index (χ0) is 20.6. The first kappa shape index (κ1) is 19.8. The molecule has 0 aliphatic rings. The number of pyridine rings is 1. The maximum Gasteiger partial charge on any atom is 0.270 e. The van der Waals surface area contributed by atoms with E-state index in [0.717, 1.165) is 11.1 Å². The molecule has 0 aliphatic heterocycles. The van der Waals surface area contributed by atoms with E-state index in [0.29, 0.717) is 12.5 Å². The van der Waals surface area contributed by atoms with Crippen molar-refractivity contribution in [1.82, 2.24) is 10.3 Å². The minimum Gasteiger partial charge on any atom is -0.496 e. The molecule has 0 saturated heterocycles. The summed E-state index contributed by atoms with van der Waals surface area (Å²) < 4.78 is 10.8. The van der Waals surface area contributed by atoms with Crippen molar-refractivity contribution in [3.8, 4) is 11.6 Å². The molecule has 1 N–H and O–H groups in total. The Bertz CT molecular complexity index is 1010. The lowest BCUT2D eigenvalue weighted by molar-refractivity contribution is -0.384. The molecule has 29 heavy (non-hydrogen) atoms. The Morgan fingerprint density at radius 2 is 1.90 bits per heavy atom. The molecule has 0 fully saturated rings. The number of nitro benzene ring substituents is 1. The van der Waals surface area contributed by atoms with E-state index in [1.165, 1.54) is 25.3 Å². The number of rotatable bonds is 8. The maximum absolute atomic E-state index is 12.5. The van der Waals surface area contributed by atoms with Crippen LogP contribution in [0.15, 0.2) is 66.9 Å². The van der Waals surface area contributed by atoms with Crippen molar-refractivity contribution in [2.24, 2.45) is 0 Å². The van der Waals surface area contributed by atoms with Gasteiger partial charge in [0.05, 0.1) is 17.6 Å². The molecular formula is C21H19N3O5. The van der Waals surface area contributed by atoms with E-state index >= 15 is 0 Å². The largest absolute Gasteiger partial charge is 0.496 e. The zero-order valence-electron chi connectivity index (χ0n) is 15.7. The predicted molar refractivity (Wildman–Crippen MR) is 106 cm³/mol. The third kappa shape index (κ3) is 5.29. The van der Waals surface area contributed by atoms with Gasteiger partial charge in [-0.05, 0) is 23.3 Å². The lowest BCUT2D eigenvalue weighted by atomic mass is 10.1. The predicted octanol–water partition coefficient (Wildman–Crippen LogP) is 3.51. The normalized spacial score (nSPS) is 10.2. The summed E-state index contributed by atoms with van der Waals surface area (Å²) in [7, 11) is 1.40. The number of nitro groups is 1. The standard InChI is InChI=1S/C21H19N3O5/c1-28-19-8-7-17(24(26)27)12-18(19)21(25)23-13-16-9-10-22-20(11-16)29-14-15-5-3-2-4-6-15/h2-12H,13-14H2,1H3,(H,23,25). The fraction of sp³-hybridized carbons (Fsp3) is 0.143. The van der Waals surface area contributed by atoms with E-state index in [2.05, 4.69) is 10.3 Å². The van der Waals surface area contributed by atoms with Crippen LogP contribution in [0.1, 0.15) is 21.5 Å². The minimum absolute atomic E-state index is 0.0938. The van der Waals surface area contributed by atoms with E-state index in [9.17, 15) is 14.9 Å². The van der Waals surface area contributed by atoms with Crippen LogP contribution in [0.2, 0.25) is 0 Å². The van der Waals surface area contributed by atoms with Gasteiger partial charge in [0, 0.05) is 30.9 Å². The van der Waals surface area contributed by atoms with Gasteiger partial charge in [0.25, 0.3) is 11.6 Å². The highest BCUT2D eigenvalue weighted by molar-refractivity contribution is 5.97. The average molecular weight is 393 g/mol. The summed E-state index contributed by atoms with van der Waals surface area (Å²) in [5.41, 5.74) is 1.71. The molecule has 0 aliphatic carbocycles. The summed E-state index contributed by atoms with van der Waals surface area (Å²) in [6, 6.07) is 17.1. The Labute approximate surface area is 167 Å². The van der Waals surface area contributed by atoms with Crippen LogP contribution in [0, 0.1) is 10.1 Å². The summed E-state index contributed by atoms with van der Waals surface area (Å²) in [5.74, 6) is 0.220. The van der Waals surface area contributed by atoms with Gasteiger partial charge >= 0.3 is 0 Å².